The standard InChI is InChI=1S/C18H27N3O2/c1-2-15(10-19-4-1)11-21-5-3-16-14-23-18(17(16)12-21)13-20-6-8-22-9-7-20/h1-2,4,10,16-18H,3,5-9,11-14H2/t16-,17-,18+/m1/s1. The van der Waals surface area contributed by atoms with Gasteiger partial charge in [-0.15, -0.1) is 0 Å². The zero-order chi connectivity index (χ0) is 15.5. The maximum absolute atomic E-state index is 6.18. The molecule has 3 aliphatic rings. The minimum atomic E-state index is 0.398. The third kappa shape index (κ3) is 3.74. The minimum Gasteiger partial charge on any atom is -0.379 e. The van der Waals surface area contributed by atoms with Crippen LogP contribution in [0.3, 0.4) is 0 Å². The average Bonchev–Trinajstić information content (AvgIpc) is 2.99. The van der Waals surface area contributed by atoms with Gasteiger partial charge in [0.25, 0.3) is 0 Å². The van der Waals surface area contributed by atoms with Crippen LogP contribution in [0.5, 0.6) is 0 Å². The Morgan fingerprint density at radius 1 is 1.17 bits per heavy atom. The molecule has 0 radical (unpaired) electrons. The largest absolute Gasteiger partial charge is 0.379 e. The number of pyridine rings is 1. The molecule has 23 heavy (non-hydrogen) atoms. The van der Waals surface area contributed by atoms with E-state index < -0.39 is 0 Å². The summed E-state index contributed by atoms with van der Waals surface area (Å²) >= 11 is 0. The van der Waals surface area contributed by atoms with E-state index in [-0.39, 0.29) is 0 Å². The maximum atomic E-state index is 6.18. The fourth-order valence-electron chi connectivity index (χ4n) is 4.22. The van der Waals surface area contributed by atoms with Gasteiger partial charge in [-0.3, -0.25) is 14.8 Å². The van der Waals surface area contributed by atoms with Crippen LogP contribution in [-0.2, 0) is 16.0 Å². The molecule has 126 valence electrons. The molecule has 0 aliphatic carbocycles. The second kappa shape index (κ2) is 7.26. The van der Waals surface area contributed by atoms with Crippen LogP contribution in [0.4, 0.5) is 0 Å². The molecule has 3 fully saturated rings. The van der Waals surface area contributed by atoms with Crippen molar-refractivity contribution in [1.82, 2.24) is 14.8 Å². The fourth-order valence-corrected chi connectivity index (χ4v) is 4.22. The van der Waals surface area contributed by atoms with Crippen LogP contribution in [0.2, 0.25) is 0 Å². The first-order valence-corrected chi connectivity index (χ1v) is 8.91. The molecule has 0 unspecified atom stereocenters. The summed E-state index contributed by atoms with van der Waals surface area (Å²) < 4.78 is 11.6. The number of fused-ring (bicyclic) bond motifs is 1. The van der Waals surface area contributed by atoms with Crippen molar-refractivity contribution >= 4 is 0 Å². The van der Waals surface area contributed by atoms with Crippen molar-refractivity contribution in [2.24, 2.45) is 11.8 Å². The number of morpholine rings is 1. The summed E-state index contributed by atoms with van der Waals surface area (Å²) in [6.07, 6.45) is 5.50. The van der Waals surface area contributed by atoms with E-state index in [0.29, 0.717) is 12.0 Å². The van der Waals surface area contributed by atoms with Gasteiger partial charge in [0.15, 0.2) is 0 Å². The molecule has 3 saturated heterocycles. The molecule has 3 aliphatic heterocycles. The summed E-state index contributed by atoms with van der Waals surface area (Å²) in [6, 6.07) is 4.21. The number of piperidine rings is 1. The molecule has 5 heteroatoms. The van der Waals surface area contributed by atoms with Crippen LogP contribution < -0.4 is 0 Å². The summed E-state index contributed by atoms with van der Waals surface area (Å²) in [6.45, 7) is 9.24. The van der Waals surface area contributed by atoms with Crippen molar-refractivity contribution in [3.8, 4) is 0 Å². The van der Waals surface area contributed by atoms with E-state index in [1.165, 1.54) is 18.5 Å². The van der Waals surface area contributed by atoms with E-state index >= 15 is 0 Å². The van der Waals surface area contributed by atoms with E-state index in [4.69, 9.17) is 9.47 Å². The quantitative estimate of drug-likeness (QED) is 0.836. The van der Waals surface area contributed by atoms with E-state index in [1.54, 1.807) is 0 Å². The third-order valence-electron chi connectivity index (χ3n) is 5.56. The van der Waals surface area contributed by atoms with Gasteiger partial charge in [0, 0.05) is 51.0 Å². The second-order valence-electron chi connectivity index (χ2n) is 7.09. The zero-order valence-corrected chi connectivity index (χ0v) is 13.8. The number of nitrogens with zero attached hydrogens (tertiary/aromatic N) is 3. The maximum Gasteiger partial charge on any atom is 0.0745 e. The van der Waals surface area contributed by atoms with Crippen LogP contribution in [0.1, 0.15) is 12.0 Å². The molecule has 0 bridgehead atoms. The van der Waals surface area contributed by atoms with Gasteiger partial charge in [-0.25, -0.2) is 0 Å². The van der Waals surface area contributed by atoms with Gasteiger partial charge in [0.2, 0.25) is 0 Å². The molecule has 4 rings (SSSR count). The van der Waals surface area contributed by atoms with Crippen molar-refractivity contribution < 1.29 is 9.47 Å². The summed E-state index contributed by atoms with van der Waals surface area (Å²) in [5.41, 5.74) is 1.31. The molecule has 0 spiro atoms. The molecule has 1 aromatic rings. The van der Waals surface area contributed by atoms with Crippen molar-refractivity contribution in [3.63, 3.8) is 0 Å². The van der Waals surface area contributed by atoms with Gasteiger partial charge in [-0.1, -0.05) is 6.07 Å². The lowest BCUT2D eigenvalue weighted by Gasteiger charge is -2.37. The minimum absolute atomic E-state index is 0.398. The van der Waals surface area contributed by atoms with Crippen LogP contribution in [0, 0.1) is 11.8 Å². The Kier molecular flexibility index (Phi) is 4.90. The monoisotopic (exact) mass is 317 g/mol. The number of aromatic nitrogens is 1. The molecular formula is C18H27N3O2. The van der Waals surface area contributed by atoms with E-state index in [1.807, 2.05) is 18.5 Å². The lowest BCUT2D eigenvalue weighted by atomic mass is 9.84. The number of hydrogen-bond acceptors (Lipinski definition) is 5. The summed E-state index contributed by atoms with van der Waals surface area (Å²) in [5, 5.41) is 0. The Bertz CT molecular complexity index is 492. The first-order chi connectivity index (χ1) is 11.4. The third-order valence-corrected chi connectivity index (χ3v) is 5.56. The van der Waals surface area contributed by atoms with Gasteiger partial charge in [0.05, 0.1) is 25.9 Å². The molecular weight excluding hydrogens is 290 g/mol. The molecule has 3 atom stereocenters. The lowest BCUT2D eigenvalue weighted by molar-refractivity contribution is -0.00494. The van der Waals surface area contributed by atoms with E-state index in [9.17, 15) is 0 Å². The average molecular weight is 317 g/mol. The van der Waals surface area contributed by atoms with Gasteiger partial charge in [-0.05, 0) is 30.5 Å². The highest BCUT2D eigenvalue weighted by atomic mass is 16.5. The Labute approximate surface area is 138 Å². The van der Waals surface area contributed by atoms with Crippen molar-refractivity contribution in [2.45, 2.75) is 19.1 Å². The summed E-state index contributed by atoms with van der Waals surface area (Å²) in [5.74, 6) is 1.44. The second-order valence-corrected chi connectivity index (χ2v) is 7.09. The summed E-state index contributed by atoms with van der Waals surface area (Å²) in [4.78, 5) is 9.33. The normalized spacial score (nSPS) is 32.8. The van der Waals surface area contributed by atoms with Gasteiger partial charge >= 0.3 is 0 Å². The van der Waals surface area contributed by atoms with Crippen LogP contribution in [0.15, 0.2) is 24.5 Å². The molecule has 0 N–H and O–H groups in total. The number of likely N-dealkylation sites (tertiary alicyclic amines) is 1. The molecule has 0 saturated carbocycles. The van der Waals surface area contributed by atoms with Gasteiger partial charge in [-0.2, -0.15) is 0 Å². The highest BCUT2D eigenvalue weighted by Crippen LogP contribution is 2.35. The SMILES string of the molecule is c1cncc(CN2CC[C@@H]3CO[C@@H](CN4CCOCC4)[C@@H]3C2)c1. The molecule has 1 aromatic heterocycles. The van der Waals surface area contributed by atoms with Gasteiger partial charge in [0.1, 0.15) is 0 Å². The number of rotatable bonds is 4. The number of hydrogen-bond donors (Lipinski definition) is 0. The predicted molar refractivity (Wildman–Crippen MR) is 88.1 cm³/mol. The molecule has 0 amide bonds. The zero-order valence-electron chi connectivity index (χ0n) is 13.8. The Morgan fingerprint density at radius 3 is 2.91 bits per heavy atom. The summed E-state index contributed by atoms with van der Waals surface area (Å²) in [7, 11) is 0. The highest BCUT2D eigenvalue weighted by Gasteiger charge is 2.41. The lowest BCUT2D eigenvalue weighted by Crippen LogP contribution is -2.47. The van der Waals surface area contributed by atoms with Crippen LogP contribution >= 0.6 is 0 Å². The molecule has 0 aromatic carbocycles. The van der Waals surface area contributed by atoms with Crippen molar-refractivity contribution in [1.29, 1.82) is 0 Å². The first kappa shape index (κ1) is 15.5. The molecule has 4 heterocycles. The van der Waals surface area contributed by atoms with E-state index in [2.05, 4.69) is 20.9 Å². The van der Waals surface area contributed by atoms with Gasteiger partial charge < -0.3 is 9.47 Å². The number of ether oxygens (including phenoxy) is 2. The Hall–Kier alpha value is -1.01. The smallest absolute Gasteiger partial charge is 0.0745 e. The van der Waals surface area contributed by atoms with Crippen LogP contribution in [0.25, 0.3) is 0 Å². The molecule has 5 nitrogen and oxygen atoms in total. The highest BCUT2D eigenvalue weighted by molar-refractivity contribution is 5.08. The fraction of sp³-hybridized carbons (Fsp3) is 0.722. The Morgan fingerprint density at radius 2 is 2.09 bits per heavy atom. The van der Waals surface area contributed by atoms with E-state index in [0.717, 1.165) is 58.5 Å². The van der Waals surface area contributed by atoms with Crippen LogP contribution in [-0.4, -0.2) is 73.4 Å². The Balaban J connectivity index is 1.35. The predicted octanol–water partition coefficient (Wildman–Crippen LogP) is 1.25. The van der Waals surface area contributed by atoms with Crippen molar-refractivity contribution in [2.75, 3.05) is 52.5 Å². The topological polar surface area (TPSA) is 37.8 Å². The van der Waals surface area contributed by atoms with Crippen molar-refractivity contribution in [3.05, 3.63) is 30.1 Å². The first-order valence-electron chi connectivity index (χ1n) is 8.91.